The molecule has 0 aliphatic heterocycles. The van der Waals surface area contributed by atoms with Crippen molar-refractivity contribution in [3.8, 4) is 28.8 Å². The first-order valence-corrected chi connectivity index (χ1v) is 11.3. The zero-order chi connectivity index (χ0) is 23.0. The van der Waals surface area contributed by atoms with Crippen molar-refractivity contribution < 1.29 is 19.0 Å². The van der Waals surface area contributed by atoms with Gasteiger partial charge in [0, 0.05) is 17.9 Å². The Hall–Kier alpha value is -3.69. The third-order valence-electron chi connectivity index (χ3n) is 4.69. The average Bonchev–Trinajstić information content (AvgIpc) is 3.53. The summed E-state index contributed by atoms with van der Waals surface area (Å²) in [5.41, 5.74) is 2.23. The Morgan fingerprint density at radius 1 is 1.09 bits per heavy atom. The quantitative estimate of drug-likeness (QED) is 0.343. The summed E-state index contributed by atoms with van der Waals surface area (Å²) in [5, 5.41) is 9.35. The molecule has 4 aromatic rings. The van der Waals surface area contributed by atoms with Gasteiger partial charge in [-0.05, 0) is 60.8 Å². The maximum Gasteiger partial charge on any atom is 0.336 e. The predicted octanol–water partition coefficient (Wildman–Crippen LogP) is 4.67. The largest absolute Gasteiger partial charge is 0.497 e. The topological polar surface area (TPSA) is 87.5 Å². The van der Waals surface area contributed by atoms with E-state index in [4.69, 9.17) is 14.2 Å². The molecule has 0 radical (unpaired) electrons. The number of amides is 1. The lowest BCUT2D eigenvalue weighted by Crippen LogP contribution is -2.10. The van der Waals surface area contributed by atoms with E-state index < -0.39 is 0 Å². The molecule has 2 aromatic carbocycles. The van der Waals surface area contributed by atoms with E-state index in [-0.39, 0.29) is 11.9 Å². The molecule has 9 heteroatoms. The van der Waals surface area contributed by atoms with Gasteiger partial charge in [-0.15, -0.1) is 16.4 Å². The fourth-order valence-corrected chi connectivity index (χ4v) is 3.73. The van der Waals surface area contributed by atoms with Crippen LogP contribution in [0.25, 0.3) is 17.1 Å². The van der Waals surface area contributed by atoms with Crippen molar-refractivity contribution in [1.82, 2.24) is 14.8 Å². The zero-order valence-corrected chi connectivity index (χ0v) is 19.2. The number of benzene rings is 2. The fourth-order valence-electron chi connectivity index (χ4n) is 3.11. The van der Waals surface area contributed by atoms with Crippen LogP contribution in [0, 0.1) is 0 Å². The molecule has 0 spiro atoms. The Morgan fingerprint density at radius 3 is 2.67 bits per heavy atom. The van der Waals surface area contributed by atoms with Crippen molar-refractivity contribution in [2.45, 2.75) is 6.92 Å². The van der Waals surface area contributed by atoms with E-state index in [1.807, 2.05) is 66.9 Å². The smallest absolute Gasteiger partial charge is 0.336 e. The van der Waals surface area contributed by atoms with Gasteiger partial charge in [-0.3, -0.25) is 4.79 Å². The summed E-state index contributed by atoms with van der Waals surface area (Å²) < 4.78 is 18.0. The molecule has 0 fully saturated rings. The summed E-state index contributed by atoms with van der Waals surface area (Å²) in [6, 6.07) is 18.8. The zero-order valence-electron chi connectivity index (χ0n) is 18.4. The second-order valence-electron chi connectivity index (χ2n) is 6.89. The lowest BCUT2D eigenvalue weighted by molar-refractivity contribution is 0.103. The second-order valence-corrected chi connectivity index (χ2v) is 7.83. The van der Waals surface area contributed by atoms with Crippen LogP contribution < -0.4 is 14.8 Å². The molecular weight excluding hydrogens is 440 g/mol. The number of rotatable bonds is 10. The molecule has 0 unspecified atom stereocenters. The first-order valence-electron chi connectivity index (χ1n) is 10.4. The number of nitrogens with one attached hydrogen (secondary N) is 1. The molecule has 0 aliphatic carbocycles. The molecule has 0 atom stereocenters. The van der Waals surface area contributed by atoms with Crippen LogP contribution in [0.3, 0.4) is 0 Å². The number of hydrogen-bond acceptors (Lipinski definition) is 7. The highest BCUT2D eigenvalue weighted by molar-refractivity contribution is 7.12. The number of anilines is 1. The van der Waals surface area contributed by atoms with Crippen LogP contribution in [0.2, 0.25) is 0 Å². The lowest BCUT2D eigenvalue weighted by Gasteiger charge is -2.09. The minimum absolute atomic E-state index is 0.156. The van der Waals surface area contributed by atoms with Gasteiger partial charge in [-0.1, -0.05) is 12.1 Å². The van der Waals surface area contributed by atoms with Gasteiger partial charge in [0.25, 0.3) is 5.91 Å². The first kappa shape index (κ1) is 22.5. The molecule has 2 aromatic heterocycles. The summed E-state index contributed by atoms with van der Waals surface area (Å²) in [6.07, 6.45) is 0. The van der Waals surface area contributed by atoms with Crippen LogP contribution in [0.5, 0.6) is 11.8 Å². The minimum atomic E-state index is -0.156. The van der Waals surface area contributed by atoms with Crippen molar-refractivity contribution in [2.75, 3.05) is 32.2 Å². The highest BCUT2D eigenvalue weighted by Crippen LogP contribution is 2.27. The summed E-state index contributed by atoms with van der Waals surface area (Å²) >= 11 is 1.39. The third-order valence-corrected chi connectivity index (χ3v) is 5.56. The van der Waals surface area contributed by atoms with E-state index in [1.165, 1.54) is 11.3 Å². The van der Waals surface area contributed by atoms with E-state index in [0.717, 1.165) is 17.0 Å². The number of nitrogens with zero attached hydrogens (tertiary/aromatic N) is 3. The maximum absolute atomic E-state index is 12.5. The van der Waals surface area contributed by atoms with E-state index in [1.54, 1.807) is 17.9 Å². The van der Waals surface area contributed by atoms with Gasteiger partial charge in [-0.25, -0.2) is 4.68 Å². The van der Waals surface area contributed by atoms with Crippen molar-refractivity contribution >= 4 is 22.9 Å². The first-order chi connectivity index (χ1) is 16.2. The second kappa shape index (κ2) is 10.8. The highest BCUT2D eigenvalue weighted by atomic mass is 32.1. The van der Waals surface area contributed by atoms with E-state index >= 15 is 0 Å². The molecular formula is C24H24N4O4S. The number of aromatic nitrogens is 3. The standard InChI is InChI=1S/C24H24N4O4S/c1-3-31-13-14-32-24-26-22(17-9-11-20(30-2)12-10-17)28(27-24)19-7-4-6-18(16-19)25-23(29)21-8-5-15-33-21/h4-12,15-16H,3,13-14H2,1-2H3,(H,25,29). The molecule has 8 nitrogen and oxygen atoms in total. The fraction of sp³-hybridized carbons (Fsp3) is 0.208. The van der Waals surface area contributed by atoms with Crippen molar-refractivity contribution in [1.29, 1.82) is 0 Å². The Morgan fingerprint density at radius 2 is 1.94 bits per heavy atom. The Balaban J connectivity index is 1.64. The number of methoxy groups -OCH3 is 1. The normalized spacial score (nSPS) is 10.7. The molecule has 0 aliphatic rings. The number of ether oxygens (including phenoxy) is 3. The molecule has 170 valence electrons. The predicted molar refractivity (Wildman–Crippen MR) is 128 cm³/mol. The van der Waals surface area contributed by atoms with Gasteiger partial charge in [0.2, 0.25) is 0 Å². The van der Waals surface area contributed by atoms with Gasteiger partial charge in [0.05, 0.1) is 24.3 Å². The summed E-state index contributed by atoms with van der Waals surface area (Å²) in [7, 11) is 1.62. The van der Waals surface area contributed by atoms with Gasteiger partial charge in [-0.2, -0.15) is 4.98 Å². The molecule has 33 heavy (non-hydrogen) atoms. The van der Waals surface area contributed by atoms with Crippen LogP contribution in [-0.4, -0.2) is 47.6 Å². The molecule has 1 N–H and O–H groups in total. The van der Waals surface area contributed by atoms with Crippen LogP contribution in [0.4, 0.5) is 5.69 Å². The van der Waals surface area contributed by atoms with Gasteiger partial charge >= 0.3 is 6.01 Å². The van der Waals surface area contributed by atoms with Gasteiger partial charge in [0.1, 0.15) is 12.4 Å². The molecule has 4 rings (SSSR count). The maximum atomic E-state index is 12.5. The monoisotopic (exact) mass is 464 g/mol. The Labute approximate surface area is 195 Å². The van der Waals surface area contributed by atoms with Crippen molar-refractivity contribution in [3.63, 3.8) is 0 Å². The lowest BCUT2D eigenvalue weighted by atomic mass is 10.2. The van der Waals surface area contributed by atoms with Crippen LogP contribution >= 0.6 is 11.3 Å². The van der Waals surface area contributed by atoms with E-state index in [0.29, 0.717) is 36.2 Å². The summed E-state index contributed by atoms with van der Waals surface area (Å²) in [5.74, 6) is 1.19. The third kappa shape index (κ3) is 5.57. The van der Waals surface area contributed by atoms with Crippen LogP contribution in [-0.2, 0) is 4.74 Å². The van der Waals surface area contributed by atoms with Crippen LogP contribution in [0.15, 0.2) is 66.0 Å². The number of thiophene rings is 1. The van der Waals surface area contributed by atoms with Gasteiger partial charge < -0.3 is 19.5 Å². The average molecular weight is 465 g/mol. The van der Waals surface area contributed by atoms with Crippen molar-refractivity contribution in [3.05, 3.63) is 70.9 Å². The molecule has 0 bridgehead atoms. The Bertz CT molecular complexity index is 1190. The number of carbonyl (C=O) groups excluding carboxylic acids is 1. The summed E-state index contributed by atoms with van der Waals surface area (Å²) in [6.45, 7) is 3.34. The minimum Gasteiger partial charge on any atom is -0.497 e. The van der Waals surface area contributed by atoms with Crippen LogP contribution in [0.1, 0.15) is 16.6 Å². The summed E-state index contributed by atoms with van der Waals surface area (Å²) in [4.78, 5) is 17.7. The Kier molecular flexibility index (Phi) is 7.33. The van der Waals surface area contributed by atoms with E-state index in [2.05, 4.69) is 15.4 Å². The molecule has 1 amide bonds. The molecule has 0 saturated carbocycles. The SMILES string of the molecule is CCOCCOc1nc(-c2ccc(OC)cc2)n(-c2cccc(NC(=O)c3cccs3)c2)n1. The van der Waals surface area contributed by atoms with Crippen molar-refractivity contribution in [2.24, 2.45) is 0 Å². The van der Waals surface area contributed by atoms with Gasteiger partial charge in [0.15, 0.2) is 5.82 Å². The number of hydrogen-bond donors (Lipinski definition) is 1. The molecule has 2 heterocycles. The molecule has 0 saturated heterocycles. The number of carbonyl (C=O) groups is 1. The highest BCUT2D eigenvalue weighted by Gasteiger charge is 2.16. The van der Waals surface area contributed by atoms with E-state index in [9.17, 15) is 4.79 Å².